The van der Waals surface area contributed by atoms with Crippen molar-refractivity contribution in [2.45, 2.75) is 58.0 Å². The summed E-state index contributed by atoms with van der Waals surface area (Å²) in [6, 6.07) is 1.42. The molecule has 84 valence electrons. The van der Waals surface area contributed by atoms with Gasteiger partial charge in [-0.3, -0.25) is 4.90 Å². The lowest BCUT2D eigenvalue weighted by molar-refractivity contribution is 0.0818. The van der Waals surface area contributed by atoms with Crippen molar-refractivity contribution < 1.29 is 0 Å². The summed E-state index contributed by atoms with van der Waals surface area (Å²) in [7, 11) is 2.26. The van der Waals surface area contributed by atoms with Gasteiger partial charge in [-0.25, -0.2) is 0 Å². The van der Waals surface area contributed by atoms with Gasteiger partial charge in [0.05, 0.1) is 0 Å². The lowest BCUT2D eigenvalue weighted by atomic mass is 9.87. The second-order valence-corrected chi connectivity index (χ2v) is 4.82. The van der Waals surface area contributed by atoms with Crippen LogP contribution in [-0.2, 0) is 0 Å². The highest BCUT2D eigenvalue weighted by atomic mass is 15.2. The summed E-state index contributed by atoms with van der Waals surface area (Å²) >= 11 is 0. The van der Waals surface area contributed by atoms with Gasteiger partial charge in [0.15, 0.2) is 0 Å². The van der Waals surface area contributed by atoms with Gasteiger partial charge in [0.2, 0.25) is 0 Å². The van der Waals surface area contributed by atoms with Gasteiger partial charge in [-0.15, -0.1) is 0 Å². The zero-order valence-electron chi connectivity index (χ0n) is 10.00. The highest BCUT2D eigenvalue weighted by Gasteiger charge is 2.29. The summed E-state index contributed by atoms with van der Waals surface area (Å²) in [5.41, 5.74) is 5.88. The molecular formula is C12H26N2. The van der Waals surface area contributed by atoms with Crippen LogP contribution in [0, 0.1) is 5.92 Å². The molecular weight excluding hydrogens is 172 g/mol. The van der Waals surface area contributed by atoms with Gasteiger partial charge >= 0.3 is 0 Å². The number of nitrogens with two attached hydrogens (primary N) is 1. The fraction of sp³-hybridized carbons (Fsp3) is 1.00. The molecule has 2 heteroatoms. The number of hydrogen-bond acceptors (Lipinski definition) is 2. The van der Waals surface area contributed by atoms with Gasteiger partial charge in [0, 0.05) is 18.6 Å². The van der Waals surface area contributed by atoms with E-state index in [1.165, 1.54) is 32.1 Å². The average Bonchev–Trinajstić information content (AvgIpc) is 2.02. The van der Waals surface area contributed by atoms with Crippen LogP contribution in [0.3, 0.4) is 0 Å². The molecule has 1 saturated carbocycles. The van der Waals surface area contributed by atoms with E-state index >= 15 is 0 Å². The van der Waals surface area contributed by atoms with Crippen molar-refractivity contribution in [3.63, 3.8) is 0 Å². The van der Waals surface area contributed by atoms with Crippen molar-refractivity contribution in [1.29, 1.82) is 0 Å². The molecule has 2 unspecified atom stereocenters. The monoisotopic (exact) mass is 198 g/mol. The molecule has 0 amide bonds. The van der Waals surface area contributed by atoms with Crippen molar-refractivity contribution in [3.05, 3.63) is 0 Å². The molecule has 0 aromatic heterocycles. The Labute approximate surface area is 88.8 Å². The third kappa shape index (κ3) is 2.71. The molecule has 0 radical (unpaired) electrons. The maximum Gasteiger partial charge on any atom is 0.0243 e. The SMILES string of the molecule is CCCC(C)C(CN)N(C)C1CCC1. The Morgan fingerprint density at radius 1 is 1.43 bits per heavy atom. The molecule has 2 atom stereocenters. The Morgan fingerprint density at radius 2 is 2.07 bits per heavy atom. The molecule has 1 rings (SSSR count). The second-order valence-electron chi connectivity index (χ2n) is 4.82. The van der Waals surface area contributed by atoms with Crippen LogP contribution in [0.15, 0.2) is 0 Å². The number of likely N-dealkylation sites (N-methyl/N-ethyl adjacent to an activating group) is 1. The van der Waals surface area contributed by atoms with E-state index < -0.39 is 0 Å². The Kier molecular flexibility index (Phi) is 4.90. The number of rotatable bonds is 6. The van der Waals surface area contributed by atoms with Crippen molar-refractivity contribution in [3.8, 4) is 0 Å². The van der Waals surface area contributed by atoms with E-state index in [9.17, 15) is 0 Å². The lowest BCUT2D eigenvalue weighted by Crippen LogP contribution is -2.50. The standard InChI is InChI=1S/C12H26N2/c1-4-6-10(2)12(9-13)14(3)11-7-5-8-11/h10-12H,4-9,13H2,1-3H3. The first-order chi connectivity index (χ1) is 6.70. The molecule has 0 spiro atoms. The first-order valence-electron chi connectivity index (χ1n) is 6.12. The minimum atomic E-state index is 0.597. The molecule has 0 heterocycles. The van der Waals surface area contributed by atoms with Crippen molar-refractivity contribution in [1.82, 2.24) is 4.90 Å². The molecule has 2 nitrogen and oxygen atoms in total. The summed E-state index contributed by atoms with van der Waals surface area (Å²) in [6.45, 7) is 5.41. The average molecular weight is 198 g/mol. The summed E-state index contributed by atoms with van der Waals surface area (Å²) in [5, 5.41) is 0. The van der Waals surface area contributed by atoms with Crippen molar-refractivity contribution >= 4 is 0 Å². The second kappa shape index (κ2) is 5.72. The van der Waals surface area contributed by atoms with Crippen LogP contribution in [0.5, 0.6) is 0 Å². The molecule has 2 N–H and O–H groups in total. The zero-order chi connectivity index (χ0) is 10.6. The lowest BCUT2D eigenvalue weighted by Gasteiger charge is -2.42. The molecule has 0 aromatic rings. The van der Waals surface area contributed by atoms with Gasteiger partial charge in [-0.1, -0.05) is 26.7 Å². The Morgan fingerprint density at radius 3 is 2.43 bits per heavy atom. The molecule has 1 fully saturated rings. The van der Waals surface area contributed by atoms with E-state index in [-0.39, 0.29) is 0 Å². The molecule has 1 aliphatic carbocycles. The number of hydrogen-bond donors (Lipinski definition) is 1. The maximum atomic E-state index is 5.88. The Hall–Kier alpha value is -0.0800. The zero-order valence-corrected chi connectivity index (χ0v) is 10.00. The summed E-state index contributed by atoms with van der Waals surface area (Å²) in [5.74, 6) is 0.746. The van der Waals surface area contributed by atoms with Gasteiger partial charge < -0.3 is 5.73 Å². The molecule has 0 aliphatic heterocycles. The van der Waals surface area contributed by atoms with Crippen LogP contribution in [0.2, 0.25) is 0 Å². The van der Waals surface area contributed by atoms with Gasteiger partial charge in [-0.2, -0.15) is 0 Å². The minimum Gasteiger partial charge on any atom is -0.329 e. The van der Waals surface area contributed by atoms with E-state index in [0.717, 1.165) is 18.5 Å². The summed E-state index contributed by atoms with van der Waals surface area (Å²) in [4.78, 5) is 2.53. The van der Waals surface area contributed by atoms with Crippen molar-refractivity contribution in [2.75, 3.05) is 13.6 Å². The predicted octanol–water partition coefficient (Wildman–Crippen LogP) is 2.23. The van der Waals surface area contributed by atoms with E-state index in [0.29, 0.717) is 6.04 Å². The van der Waals surface area contributed by atoms with E-state index in [2.05, 4.69) is 25.8 Å². The first kappa shape index (κ1) is 12.0. The largest absolute Gasteiger partial charge is 0.329 e. The fourth-order valence-corrected chi connectivity index (χ4v) is 2.51. The normalized spacial score (nSPS) is 22.1. The third-order valence-electron chi connectivity index (χ3n) is 3.82. The van der Waals surface area contributed by atoms with Gasteiger partial charge in [0.1, 0.15) is 0 Å². The van der Waals surface area contributed by atoms with E-state index in [4.69, 9.17) is 5.73 Å². The van der Waals surface area contributed by atoms with Crippen LogP contribution in [0.25, 0.3) is 0 Å². The Bertz CT molecular complexity index is 154. The van der Waals surface area contributed by atoms with Crippen LogP contribution >= 0.6 is 0 Å². The summed E-state index contributed by atoms with van der Waals surface area (Å²) in [6.07, 6.45) is 6.75. The highest BCUT2D eigenvalue weighted by Crippen LogP contribution is 2.27. The molecule has 0 aromatic carbocycles. The van der Waals surface area contributed by atoms with Crippen LogP contribution in [0.1, 0.15) is 46.0 Å². The molecule has 0 saturated heterocycles. The maximum absolute atomic E-state index is 5.88. The smallest absolute Gasteiger partial charge is 0.0243 e. The van der Waals surface area contributed by atoms with Gasteiger partial charge in [0.25, 0.3) is 0 Å². The first-order valence-corrected chi connectivity index (χ1v) is 6.12. The van der Waals surface area contributed by atoms with Gasteiger partial charge in [-0.05, 0) is 32.2 Å². The fourth-order valence-electron chi connectivity index (χ4n) is 2.51. The number of nitrogens with zero attached hydrogens (tertiary/aromatic N) is 1. The third-order valence-corrected chi connectivity index (χ3v) is 3.82. The van der Waals surface area contributed by atoms with Crippen LogP contribution < -0.4 is 5.73 Å². The molecule has 0 bridgehead atoms. The minimum absolute atomic E-state index is 0.597. The predicted molar refractivity (Wildman–Crippen MR) is 62.3 cm³/mol. The van der Waals surface area contributed by atoms with Crippen LogP contribution in [0.4, 0.5) is 0 Å². The topological polar surface area (TPSA) is 29.3 Å². The van der Waals surface area contributed by atoms with Crippen molar-refractivity contribution in [2.24, 2.45) is 11.7 Å². The summed E-state index contributed by atoms with van der Waals surface area (Å²) < 4.78 is 0. The highest BCUT2D eigenvalue weighted by molar-refractivity contribution is 4.85. The van der Waals surface area contributed by atoms with E-state index in [1.54, 1.807) is 0 Å². The quantitative estimate of drug-likeness (QED) is 0.709. The molecule has 14 heavy (non-hydrogen) atoms. The van der Waals surface area contributed by atoms with E-state index in [1.807, 2.05) is 0 Å². The van der Waals surface area contributed by atoms with Crippen LogP contribution in [-0.4, -0.2) is 30.6 Å². The Balaban J connectivity index is 2.41. The molecule has 1 aliphatic rings.